The Balaban J connectivity index is 1.94. The van der Waals surface area contributed by atoms with Crippen LogP contribution in [-0.2, 0) is 11.3 Å². The number of hydrogen-bond donors (Lipinski definition) is 1. The van der Waals surface area contributed by atoms with E-state index in [2.05, 4.69) is 11.6 Å². The number of ether oxygens (including phenoxy) is 1. The van der Waals surface area contributed by atoms with Gasteiger partial charge in [0.1, 0.15) is 0 Å². The molecule has 0 bridgehead atoms. The fourth-order valence-corrected chi connectivity index (χ4v) is 3.56. The number of esters is 1. The molecule has 1 heterocycles. The van der Waals surface area contributed by atoms with Gasteiger partial charge >= 0.3 is 5.97 Å². The van der Waals surface area contributed by atoms with Gasteiger partial charge < -0.3 is 14.5 Å². The second-order valence-corrected chi connectivity index (χ2v) is 5.89. The Hall–Kier alpha value is -0.940. The molecule has 1 aliphatic carbocycles. The van der Waals surface area contributed by atoms with Crippen molar-refractivity contribution in [1.29, 1.82) is 0 Å². The van der Waals surface area contributed by atoms with Gasteiger partial charge in [-0.25, -0.2) is 4.79 Å². The minimum Gasteiger partial charge on any atom is -0.463 e. The van der Waals surface area contributed by atoms with E-state index in [-0.39, 0.29) is 0 Å². The maximum absolute atomic E-state index is 11.5. The SMILES string of the molecule is COC(=O)c1occc1CNC1CCCCC1SC. The highest BCUT2D eigenvalue weighted by molar-refractivity contribution is 7.99. The van der Waals surface area contributed by atoms with Gasteiger partial charge in [-0.2, -0.15) is 11.8 Å². The van der Waals surface area contributed by atoms with Crippen LogP contribution in [0.4, 0.5) is 0 Å². The zero-order chi connectivity index (χ0) is 13.7. The Morgan fingerprint density at radius 2 is 2.32 bits per heavy atom. The molecule has 1 aromatic heterocycles. The van der Waals surface area contributed by atoms with Crippen molar-refractivity contribution in [2.75, 3.05) is 13.4 Å². The third-order valence-corrected chi connectivity index (χ3v) is 4.85. The van der Waals surface area contributed by atoms with E-state index in [4.69, 9.17) is 9.15 Å². The molecule has 0 aliphatic heterocycles. The fourth-order valence-electron chi connectivity index (χ4n) is 2.60. The lowest BCUT2D eigenvalue weighted by Crippen LogP contribution is -2.40. The van der Waals surface area contributed by atoms with Gasteiger partial charge in [0.05, 0.1) is 13.4 Å². The summed E-state index contributed by atoms with van der Waals surface area (Å²) in [6, 6.07) is 2.35. The molecule has 0 spiro atoms. The molecular formula is C14H21NO3S. The van der Waals surface area contributed by atoms with E-state index in [1.54, 1.807) is 0 Å². The van der Waals surface area contributed by atoms with Gasteiger partial charge in [0, 0.05) is 23.4 Å². The molecule has 0 radical (unpaired) electrons. The van der Waals surface area contributed by atoms with Crippen molar-refractivity contribution < 1.29 is 13.9 Å². The van der Waals surface area contributed by atoms with Crippen LogP contribution in [-0.4, -0.2) is 30.6 Å². The van der Waals surface area contributed by atoms with Gasteiger partial charge in [0.2, 0.25) is 5.76 Å². The third kappa shape index (κ3) is 3.54. The zero-order valence-electron chi connectivity index (χ0n) is 11.5. The first kappa shape index (κ1) is 14.5. The van der Waals surface area contributed by atoms with Crippen molar-refractivity contribution in [3.05, 3.63) is 23.7 Å². The lowest BCUT2D eigenvalue weighted by molar-refractivity contribution is 0.0563. The molecular weight excluding hydrogens is 262 g/mol. The van der Waals surface area contributed by atoms with E-state index >= 15 is 0 Å². The number of rotatable bonds is 5. The molecule has 1 fully saturated rings. The highest BCUT2D eigenvalue weighted by Gasteiger charge is 2.24. The summed E-state index contributed by atoms with van der Waals surface area (Å²) in [6.07, 6.45) is 8.79. The topological polar surface area (TPSA) is 51.5 Å². The lowest BCUT2D eigenvalue weighted by Gasteiger charge is -2.31. The van der Waals surface area contributed by atoms with Gasteiger partial charge in [-0.1, -0.05) is 12.8 Å². The summed E-state index contributed by atoms with van der Waals surface area (Å²) in [5, 5.41) is 4.22. The zero-order valence-corrected chi connectivity index (χ0v) is 12.3. The van der Waals surface area contributed by atoms with Gasteiger partial charge in [-0.05, 0) is 25.2 Å². The van der Waals surface area contributed by atoms with E-state index in [0.717, 1.165) is 5.56 Å². The van der Waals surface area contributed by atoms with Crippen molar-refractivity contribution in [1.82, 2.24) is 5.32 Å². The van der Waals surface area contributed by atoms with Crippen molar-refractivity contribution in [3.8, 4) is 0 Å². The van der Waals surface area contributed by atoms with Gasteiger partial charge in [-0.15, -0.1) is 0 Å². The summed E-state index contributed by atoms with van der Waals surface area (Å²) in [7, 11) is 1.37. The average Bonchev–Trinajstić information content (AvgIpc) is 2.93. The Morgan fingerprint density at radius 3 is 3.05 bits per heavy atom. The van der Waals surface area contributed by atoms with Crippen LogP contribution in [0.5, 0.6) is 0 Å². The van der Waals surface area contributed by atoms with Crippen LogP contribution in [0.25, 0.3) is 0 Å². The molecule has 1 aliphatic rings. The predicted molar refractivity (Wildman–Crippen MR) is 76.4 cm³/mol. The van der Waals surface area contributed by atoms with Gasteiger partial charge in [-0.3, -0.25) is 0 Å². The summed E-state index contributed by atoms with van der Waals surface area (Å²) in [4.78, 5) is 11.5. The summed E-state index contributed by atoms with van der Waals surface area (Å²) >= 11 is 1.93. The second kappa shape index (κ2) is 7.01. The van der Waals surface area contributed by atoms with Gasteiger partial charge in [0.15, 0.2) is 0 Å². The van der Waals surface area contributed by atoms with Crippen LogP contribution in [0.3, 0.4) is 0 Å². The first-order chi connectivity index (χ1) is 9.26. The second-order valence-electron chi connectivity index (χ2n) is 4.81. The van der Waals surface area contributed by atoms with Crippen LogP contribution in [0, 0.1) is 0 Å². The molecule has 2 unspecified atom stereocenters. The molecule has 5 heteroatoms. The fraction of sp³-hybridized carbons (Fsp3) is 0.643. The molecule has 4 nitrogen and oxygen atoms in total. The highest BCUT2D eigenvalue weighted by atomic mass is 32.2. The van der Waals surface area contributed by atoms with E-state index in [9.17, 15) is 4.79 Å². The summed E-state index contributed by atoms with van der Waals surface area (Å²) < 4.78 is 9.90. The molecule has 2 atom stereocenters. The van der Waals surface area contributed by atoms with Crippen molar-refractivity contribution in [3.63, 3.8) is 0 Å². The molecule has 1 saturated carbocycles. The van der Waals surface area contributed by atoms with Gasteiger partial charge in [0.25, 0.3) is 0 Å². The first-order valence-electron chi connectivity index (χ1n) is 6.67. The van der Waals surface area contributed by atoms with E-state index in [1.807, 2.05) is 17.8 Å². The maximum Gasteiger partial charge on any atom is 0.374 e. The van der Waals surface area contributed by atoms with E-state index in [0.29, 0.717) is 23.6 Å². The molecule has 2 rings (SSSR count). The standard InChI is InChI=1S/C14H21NO3S/c1-17-14(16)13-10(7-8-18-13)9-15-11-5-3-4-6-12(11)19-2/h7-8,11-12,15H,3-6,9H2,1-2H3. The molecule has 0 aromatic carbocycles. The summed E-state index contributed by atoms with van der Waals surface area (Å²) in [6.45, 7) is 0.655. The highest BCUT2D eigenvalue weighted by Crippen LogP contribution is 2.27. The average molecular weight is 283 g/mol. The molecule has 19 heavy (non-hydrogen) atoms. The number of nitrogens with one attached hydrogen (secondary N) is 1. The molecule has 1 aromatic rings. The van der Waals surface area contributed by atoms with Crippen LogP contribution in [0.15, 0.2) is 16.7 Å². The molecule has 0 amide bonds. The smallest absolute Gasteiger partial charge is 0.374 e. The van der Waals surface area contributed by atoms with Crippen LogP contribution >= 0.6 is 11.8 Å². The van der Waals surface area contributed by atoms with Crippen molar-refractivity contribution in [2.45, 2.75) is 43.5 Å². The molecule has 0 saturated heterocycles. The number of carbonyl (C=O) groups excluding carboxylic acids is 1. The quantitative estimate of drug-likeness (QED) is 0.842. The van der Waals surface area contributed by atoms with E-state index < -0.39 is 5.97 Å². The molecule has 106 valence electrons. The Bertz CT molecular complexity index is 419. The third-order valence-electron chi connectivity index (χ3n) is 3.68. The van der Waals surface area contributed by atoms with Crippen LogP contribution in [0.2, 0.25) is 0 Å². The first-order valence-corrected chi connectivity index (χ1v) is 7.96. The number of hydrogen-bond acceptors (Lipinski definition) is 5. The van der Waals surface area contributed by atoms with Crippen LogP contribution in [0.1, 0.15) is 41.8 Å². The minimum absolute atomic E-state index is 0.312. The largest absolute Gasteiger partial charge is 0.463 e. The number of carbonyl (C=O) groups is 1. The predicted octanol–water partition coefficient (Wildman–Crippen LogP) is 2.83. The summed E-state index contributed by atoms with van der Waals surface area (Å²) in [5.74, 6) is -0.0987. The normalized spacial score (nSPS) is 23.3. The number of thioether (sulfide) groups is 1. The monoisotopic (exact) mass is 283 g/mol. The van der Waals surface area contributed by atoms with Crippen molar-refractivity contribution >= 4 is 17.7 Å². The lowest BCUT2D eigenvalue weighted by atomic mass is 9.94. The van der Waals surface area contributed by atoms with E-state index in [1.165, 1.54) is 39.1 Å². The number of methoxy groups -OCH3 is 1. The Kier molecular flexibility index (Phi) is 5.34. The van der Waals surface area contributed by atoms with Crippen LogP contribution < -0.4 is 5.32 Å². The Morgan fingerprint density at radius 1 is 1.53 bits per heavy atom. The minimum atomic E-state index is -0.410. The Labute approximate surface area is 118 Å². The van der Waals surface area contributed by atoms with Crippen molar-refractivity contribution in [2.24, 2.45) is 0 Å². The summed E-state index contributed by atoms with van der Waals surface area (Å²) in [5.41, 5.74) is 0.872. The maximum atomic E-state index is 11.5. The number of furan rings is 1. The molecule has 1 N–H and O–H groups in total.